The predicted molar refractivity (Wildman–Crippen MR) is 137 cm³/mol. The van der Waals surface area contributed by atoms with E-state index in [2.05, 4.69) is 12.2 Å². The highest BCUT2D eigenvalue weighted by molar-refractivity contribution is 8.02. The second-order valence-corrected chi connectivity index (χ2v) is 11.4. The van der Waals surface area contributed by atoms with Crippen LogP contribution in [-0.4, -0.2) is 57.0 Å². The fraction of sp³-hybridized carbons (Fsp3) is 0.464. The fourth-order valence-corrected chi connectivity index (χ4v) is 8.91. The number of nitrogens with zero attached hydrogens (tertiary/aromatic N) is 1. The molecule has 3 aliphatic heterocycles. The summed E-state index contributed by atoms with van der Waals surface area (Å²) in [5, 5.41) is 13.5. The van der Waals surface area contributed by atoms with E-state index < -0.39 is 28.7 Å². The van der Waals surface area contributed by atoms with E-state index in [-0.39, 0.29) is 42.2 Å². The van der Waals surface area contributed by atoms with Crippen LogP contribution in [0, 0.1) is 17.8 Å². The molecule has 0 radical (unpaired) electrons. The number of hydrogen-bond acceptors (Lipinski definition) is 6. The lowest BCUT2D eigenvalue weighted by molar-refractivity contribution is -0.154. The zero-order valence-corrected chi connectivity index (χ0v) is 21.3. The minimum absolute atomic E-state index is 0.0414. The van der Waals surface area contributed by atoms with E-state index in [0.29, 0.717) is 6.54 Å². The molecule has 2 amide bonds. The second kappa shape index (κ2) is 9.90. The summed E-state index contributed by atoms with van der Waals surface area (Å²) in [6, 6.07) is 17.4. The third-order valence-corrected chi connectivity index (χ3v) is 10.1. The smallest absolute Gasteiger partial charge is 0.310 e. The van der Waals surface area contributed by atoms with Crippen molar-refractivity contribution in [3.05, 3.63) is 71.8 Å². The molecule has 7 nitrogen and oxygen atoms in total. The Morgan fingerprint density at radius 3 is 2.47 bits per heavy atom. The van der Waals surface area contributed by atoms with Crippen LogP contribution in [-0.2, 0) is 25.7 Å². The van der Waals surface area contributed by atoms with Gasteiger partial charge in [0.2, 0.25) is 11.8 Å². The van der Waals surface area contributed by atoms with Crippen LogP contribution in [0.25, 0.3) is 0 Å². The Balaban J connectivity index is 1.56. The molecule has 8 heteroatoms. The molecule has 7 atom stereocenters. The molecule has 3 aliphatic rings. The summed E-state index contributed by atoms with van der Waals surface area (Å²) >= 11 is 1.60. The van der Waals surface area contributed by atoms with Gasteiger partial charge in [-0.2, -0.15) is 0 Å². The van der Waals surface area contributed by atoms with Crippen LogP contribution < -0.4 is 5.32 Å². The van der Waals surface area contributed by atoms with Gasteiger partial charge in [-0.15, -0.1) is 11.8 Å². The average molecular weight is 509 g/mol. The number of rotatable bonds is 8. The van der Waals surface area contributed by atoms with Gasteiger partial charge in [0, 0.05) is 11.8 Å². The highest BCUT2D eigenvalue weighted by Gasteiger charge is 2.76. The van der Waals surface area contributed by atoms with Crippen LogP contribution in [0.1, 0.15) is 37.4 Å². The van der Waals surface area contributed by atoms with Crippen molar-refractivity contribution < 1.29 is 24.2 Å². The van der Waals surface area contributed by atoms with Gasteiger partial charge in [-0.25, -0.2) is 0 Å². The van der Waals surface area contributed by atoms with Gasteiger partial charge in [-0.05, 0) is 30.4 Å². The Bertz CT molecular complexity index is 1130. The summed E-state index contributed by atoms with van der Waals surface area (Å²) in [7, 11) is 0. The van der Waals surface area contributed by atoms with Crippen molar-refractivity contribution in [2.24, 2.45) is 17.8 Å². The number of benzene rings is 2. The molecule has 0 saturated carbocycles. The van der Waals surface area contributed by atoms with Crippen molar-refractivity contribution in [1.82, 2.24) is 10.2 Å². The number of esters is 1. The molecule has 2 N–H and O–H groups in total. The third kappa shape index (κ3) is 3.82. The topological polar surface area (TPSA) is 95.9 Å². The van der Waals surface area contributed by atoms with Gasteiger partial charge >= 0.3 is 5.97 Å². The Hall–Kier alpha value is -2.84. The van der Waals surface area contributed by atoms with Gasteiger partial charge in [0.25, 0.3) is 0 Å². The SMILES string of the molecule is CCOC(=O)[C@@H]1[C@H]2C(=O)N([C@H](CO)c3ccccc3)C(C(=O)NCc3ccccc3)C23S[C@@H]1CC3C. The van der Waals surface area contributed by atoms with E-state index in [9.17, 15) is 19.5 Å². The van der Waals surface area contributed by atoms with Gasteiger partial charge in [-0.3, -0.25) is 14.4 Å². The normalized spacial score (nSPS) is 31.2. The number of thioether (sulfide) groups is 1. The maximum atomic E-state index is 14.2. The van der Waals surface area contributed by atoms with E-state index in [1.165, 1.54) is 0 Å². The van der Waals surface area contributed by atoms with E-state index in [0.717, 1.165) is 17.5 Å². The molecule has 0 aromatic heterocycles. The molecule has 36 heavy (non-hydrogen) atoms. The van der Waals surface area contributed by atoms with Crippen molar-refractivity contribution in [1.29, 1.82) is 0 Å². The Kier molecular flexibility index (Phi) is 6.83. The van der Waals surface area contributed by atoms with Crippen LogP contribution in [0.5, 0.6) is 0 Å². The van der Waals surface area contributed by atoms with Crippen LogP contribution in [0.2, 0.25) is 0 Å². The molecular formula is C28H32N2O5S. The second-order valence-electron chi connectivity index (χ2n) is 9.86. The quantitative estimate of drug-likeness (QED) is 0.533. The van der Waals surface area contributed by atoms with Gasteiger partial charge in [0.15, 0.2) is 0 Å². The average Bonchev–Trinajstić information content (AvgIpc) is 3.49. The summed E-state index contributed by atoms with van der Waals surface area (Å²) in [6.45, 7) is 4.08. The largest absolute Gasteiger partial charge is 0.466 e. The number of carbonyl (C=O) groups is 3. The predicted octanol–water partition coefficient (Wildman–Crippen LogP) is 2.94. The van der Waals surface area contributed by atoms with Crippen LogP contribution in [0.15, 0.2) is 60.7 Å². The first kappa shape index (κ1) is 24.8. The molecule has 5 rings (SSSR count). The molecule has 2 aromatic carbocycles. The van der Waals surface area contributed by atoms with Crippen molar-refractivity contribution in [3.63, 3.8) is 0 Å². The van der Waals surface area contributed by atoms with Crippen molar-refractivity contribution in [3.8, 4) is 0 Å². The minimum atomic E-state index is -0.819. The summed E-state index contributed by atoms with van der Waals surface area (Å²) in [6.07, 6.45) is 0.739. The number of likely N-dealkylation sites (tertiary alicyclic amines) is 1. The van der Waals surface area contributed by atoms with Crippen molar-refractivity contribution in [2.45, 2.75) is 48.9 Å². The standard InChI is InChI=1S/C28H32N2O5S/c1-3-35-27(34)22-21-14-17(2)28(36-21)23(22)26(33)30(20(16-31)19-12-8-5-9-13-19)24(28)25(32)29-15-18-10-6-4-7-11-18/h4-13,17,20-24,31H,3,14-16H2,1-2H3,(H,29,32)/t17?,20-,21-,22+,23+,24?,28?/m1/s1. The van der Waals surface area contributed by atoms with E-state index in [4.69, 9.17) is 4.74 Å². The number of aliphatic hydroxyl groups excluding tert-OH is 1. The fourth-order valence-electron chi connectivity index (χ4n) is 6.51. The number of carbonyl (C=O) groups excluding carboxylic acids is 3. The Morgan fingerprint density at radius 2 is 1.83 bits per heavy atom. The Morgan fingerprint density at radius 1 is 1.17 bits per heavy atom. The molecular weight excluding hydrogens is 476 g/mol. The molecule has 3 heterocycles. The van der Waals surface area contributed by atoms with Crippen molar-refractivity contribution >= 4 is 29.5 Å². The highest BCUT2D eigenvalue weighted by atomic mass is 32.2. The third-order valence-electron chi connectivity index (χ3n) is 7.99. The molecule has 3 unspecified atom stereocenters. The van der Waals surface area contributed by atoms with Gasteiger partial charge in [-0.1, -0.05) is 67.6 Å². The number of amides is 2. The Labute approximate surface area is 215 Å². The lowest BCUT2D eigenvalue weighted by Crippen LogP contribution is -2.56. The van der Waals surface area contributed by atoms with Gasteiger partial charge in [0.1, 0.15) is 6.04 Å². The lowest BCUT2D eigenvalue weighted by Gasteiger charge is -2.40. The minimum Gasteiger partial charge on any atom is -0.466 e. The zero-order chi connectivity index (χ0) is 25.4. The van der Waals surface area contributed by atoms with E-state index >= 15 is 0 Å². The molecule has 2 bridgehead atoms. The monoisotopic (exact) mass is 508 g/mol. The molecule has 1 spiro atoms. The van der Waals surface area contributed by atoms with Crippen LogP contribution in [0.4, 0.5) is 0 Å². The van der Waals surface area contributed by atoms with Crippen LogP contribution >= 0.6 is 11.8 Å². The first-order valence-electron chi connectivity index (χ1n) is 12.6. The van der Waals surface area contributed by atoms with E-state index in [1.807, 2.05) is 60.7 Å². The van der Waals surface area contributed by atoms with Crippen LogP contribution in [0.3, 0.4) is 0 Å². The van der Waals surface area contributed by atoms with Gasteiger partial charge < -0.3 is 20.1 Å². The highest BCUT2D eigenvalue weighted by Crippen LogP contribution is 2.69. The summed E-state index contributed by atoms with van der Waals surface area (Å²) in [5.74, 6) is -2.10. The van der Waals surface area contributed by atoms with E-state index in [1.54, 1.807) is 23.6 Å². The molecule has 3 saturated heterocycles. The molecule has 2 aromatic rings. The molecule has 0 aliphatic carbocycles. The number of ether oxygens (including phenoxy) is 1. The maximum Gasteiger partial charge on any atom is 0.310 e. The summed E-state index contributed by atoms with van der Waals surface area (Å²) in [5.41, 5.74) is 1.71. The number of nitrogens with one attached hydrogen (secondary N) is 1. The number of hydrogen-bond donors (Lipinski definition) is 2. The van der Waals surface area contributed by atoms with Crippen molar-refractivity contribution in [2.75, 3.05) is 13.2 Å². The zero-order valence-electron chi connectivity index (χ0n) is 20.5. The number of aliphatic hydroxyl groups is 1. The summed E-state index contributed by atoms with van der Waals surface area (Å²) < 4.78 is 4.64. The lowest BCUT2D eigenvalue weighted by atomic mass is 9.66. The van der Waals surface area contributed by atoms with Gasteiger partial charge in [0.05, 0.1) is 35.8 Å². The molecule has 190 valence electrons. The molecule has 3 fully saturated rings. The first-order chi connectivity index (χ1) is 17.4. The maximum absolute atomic E-state index is 14.2. The summed E-state index contributed by atoms with van der Waals surface area (Å²) in [4.78, 5) is 42.8. The first-order valence-corrected chi connectivity index (χ1v) is 13.5. The number of fused-ring (bicyclic) bond motifs is 1.